The number of nitrogens with zero attached hydrogens (tertiary/aromatic N) is 2. The Hall–Kier alpha value is -6.80. The number of rotatable bonds is 8. The first-order valence-corrected chi connectivity index (χ1v) is 19.6. The number of carbonyl (C=O) groups excluding carboxylic acids is 5. The number of hydrogen-bond donors (Lipinski definition) is 2. The Kier molecular flexibility index (Phi) is 9.58. The van der Waals surface area contributed by atoms with Crippen LogP contribution < -0.4 is 15.1 Å². The highest BCUT2D eigenvalue weighted by atomic mass is 35.5. The van der Waals surface area contributed by atoms with Crippen molar-refractivity contribution < 1.29 is 51.4 Å². The van der Waals surface area contributed by atoms with Gasteiger partial charge in [-0.15, -0.1) is 13.2 Å². The van der Waals surface area contributed by atoms with Crippen LogP contribution in [-0.2, 0) is 24.6 Å². The summed E-state index contributed by atoms with van der Waals surface area (Å²) >= 11 is 6.31. The molecule has 61 heavy (non-hydrogen) atoms. The van der Waals surface area contributed by atoms with Crippen molar-refractivity contribution in [2.24, 2.45) is 23.7 Å². The van der Waals surface area contributed by atoms with Crippen LogP contribution in [0.4, 0.5) is 28.9 Å². The van der Waals surface area contributed by atoms with Crippen molar-refractivity contribution >= 4 is 52.4 Å². The van der Waals surface area contributed by atoms with Gasteiger partial charge < -0.3 is 9.84 Å². The lowest BCUT2D eigenvalue weighted by atomic mass is 9.49. The normalized spacial score (nSPS) is 24.5. The lowest BCUT2D eigenvalue weighted by Crippen LogP contribution is -2.53. The van der Waals surface area contributed by atoms with Gasteiger partial charge in [-0.25, -0.2) is 4.39 Å². The molecule has 308 valence electrons. The molecule has 2 heterocycles. The summed E-state index contributed by atoms with van der Waals surface area (Å²) in [5, 5.41) is 12.6. The number of anilines is 2. The molecule has 5 aromatic carbocycles. The number of imide groups is 2. The number of nitrogens with one attached hydrogen (secondary N) is 1. The van der Waals surface area contributed by atoms with Crippen LogP contribution in [0.15, 0.2) is 133 Å². The summed E-state index contributed by atoms with van der Waals surface area (Å²) in [6.07, 6.45) is -3.67. The van der Waals surface area contributed by atoms with E-state index in [0.717, 1.165) is 40.2 Å². The third-order valence-electron chi connectivity index (χ3n) is 12.2. The van der Waals surface area contributed by atoms with Crippen molar-refractivity contribution in [3.8, 4) is 11.5 Å². The van der Waals surface area contributed by atoms with Gasteiger partial charge in [0.05, 0.1) is 34.5 Å². The number of halogens is 5. The summed E-state index contributed by atoms with van der Waals surface area (Å²) in [4.78, 5) is 73.3. The SMILES string of the molecule is O=C(c1ccccc1)c1ccc(N2C(=O)C3CC=C4C(CC5C(=O)N(Nc6ccc(F)cc6)C(=O)C5(c5ccc(Cl)cc5)C4c4cc(OC(F)(F)F)ccc4O)C3C2=O)cc1. The number of carbonyl (C=O) groups is 5. The Morgan fingerprint density at radius 1 is 0.803 bits per heavy atom. The van der Waals surface area contributed by atoms with Crippen molar-refractivity contribution in [1.29, 1.82) is 0 Å². The van der Waals surface area contributed by atoms with Crippen LogP contribution in [0.5, 0.6) is 11.5 Å². The molecular formula is C46H32ClF4N3O7. The average Bonchev–Trinajstić information content (AvgIpc) is 3.62. The predicted molar refractivity (Wildman–Crippen MR) is 213 cm³/mol. The van der Waals surface area contributed by atoms with Gasteiger partial charge in [-0.3, -0.25) is 34.3 Å². The second-order valence-electron chi connectivity index (χ2n) is 15.4. The maximum atomic E-state index is 15.3. The van der Waals surface area contributed by atoms with Crippen molar-refractivity contribution in [1.82, 2.24) is 5.01 Å². The van der Waals surface area contributed by atoms with Gasteiger partial charge in [-0.05, 0) is 103 Å². The highest BCUT2D eigenvalue weighted by Crippen LogP contribution is 2.65. The molecule has 10 nitrogen and oxygen atoms in total. The molecule has 6 unspecified atom stereocenters. The molecule has 0 radical (unpaired) electrons. The van der Waals surface area contributed by atoms with Gasteiger partial charge in [0, 0.05) is 27.6 Å². The number of ketones is 1. The number of alkyl halides is 3. The fourth-order valence-electron chi connectivity index (χ4n) is 9.73. The molecule has 4 amide bonds. The van der Waals surface area contributed by atoms with Gasteiger partial charge in [0.25, 0.3) is 11.8 Å². The number of allylic oxidation sites excluding steroid dienone is 2. The number of hydrazine groups is 1. The van der Waals surface area contributed by atoms with Gasteiger partial charge in [-0.2, -0.15) is 5.01 Å². The third-order valence-corrected chi connectivity index (χ3v) is 12.5. The number of amides is 4. The third kappa shape index (κ3) is 6.52. The zero-order valence-corrected chi connectivity index (χ0v) is 32.4. The maximum absolute atomic E-state index is 15.3. The fourth-order valence-corrected chi connectivity index (χ4v) is 9.86. The molecule has 15 heteroatoms. The van der Waals surface area contributed by atoms with Crippen molar-refractivity contribution in [3.63, 3.8) is 0 Å². The van der Waals surface area contributed by atoms with E-state index in [9.17, 15) is 41.8 Å². The molecule has 2 N–H and O–H groups in total. The van der Waals surface area contributed by atoms with Gasteiger partial charge in [0.15, 0.2) is 5.78 Å². The minimum Gasteiger partial charge on any atom is -0.508 e. The molecule has 3 fully saturated rings. The van der Waals surface area contributed by atoms with Gasteiger partial charge in [0.1, 0.15) is 17.3 Å². The topological polar surface area (TPSA) is 133 Å². The van der Waals surface area contributed by atoms with Crippen LogP contribution >= 0.6 is 11.6 Å². The molecule has 1 saturated carbocycles. The first-order chi connectivity index (χ1) is 29.2. The number of phenolic OH excluding ortho intramolecular Hbond substituents is 1. The van der Waals surface area contributed by atoms with Gasteiger partial charge in [0.2, 0.25) is 11.8 Å². The number of benzene rings is 5. The Balaban J connectivity index is 1.18. The van der Waals surface area contributed by atoms with Gasteiger partial charge in [-0.1, -0.05) is 65.7 Å². The molecule has 0 bridgehead atoms. The van der Waals surface area contributed by atoms with Crippen molar-refractivity contribution in [2.75, 3.05) is 10.3 Å². The lowest BCUT2D eigenvalue weighted by molar-refractivity contribution is -0.274. The minimum atomic E-state index is -5.14. The number of aromatic hydroxyl groups is 1. The van der Waals surface area contributed by atoms with E-state index >= 15 is 4.79 Å². The number of phenols is 1. The van der Waals surface area contributed by atoms with E-state index in [1.165, 1.54) is 60.7 Å². The maximum Gasteiger partial charge on any atom is 0.573 e. The molecule has 4 aliphatic rings. The molecular weight excluding hydrogens is 818 g/mol. The van der Waals surface area contributed by atoms with E-state index in [2.05, 4.69) is 10.2 Å². The Morgan fingerprint density at radius 3 is 2.15 bits per heavy atom. The summed E-state index contributed by atoms with van der Waals surface area (Å²) in [6, 6.07) is 28.3. The Bertz CT molecular complexity index is 2660. The molecule has 2 aliphatic heterocycles. The predicted octanol–water partition coefficient (Wildman–Crippen LogP) is 8.50. The summed E-state index contributed by atoms with van der Waals surface area (Å²) in [7, 11) is 0. The van der Waals surface area contributed by atoms with Crippen LogP contribution in [0.1, 0.15) is 45.8 Å². The first kappa shape index (κ1) is 39.6. The zero-order chi connectivity index (χ0) is 43.0. The highest BCUT2D eigenvalue weighted by molar-refractivity contribution is 6.30. The molecule has 2 saturated heterocycles. The molecule has 9 rings (SSSR count). The summed E-state index contributed by atoms with van der Waals surface area (Å²) in [5.41, 5.74) is 2.32. The first-order valence-electron chi connectivity index (χ1n) is 19.2. The number of ether oxygens (including phenoxy) is 1. The standard InChI is InChI=1S/C46H32ClF4N3O7/c47-27-10-8-26(9-11-27)45-36(42(58)54(44(45)60)52-29-14-12-28(48)13-15-29)23-34-32(39(45)35-22-31(18-21-37(35)55)61-46(49,50)51)19-20-33-38(34)43(59)53(41(33)57)30-16-6-25(7-17-30)40(56)24-4-2-1-3-5-24/h1-19,21-22,33-34,36,38-39,52,55H,20,23H2. The molecule has 0 spiro atoms. The van der Waals surface area contributed by atoms with E-state index in [4.69, 9.17) is 11.6 Å². The van der Waals surface area contributed by atoms with E-state index in [1.54, 1.807) is 36.4 Å². The zero-order valence-electron chi connectivity index (χ0n) is 31.6. The minimum absolute atomic E-state index is 0.0286. The quantitative estimate of drug-likeness (QED) is 0.0688. The van der Waals surface area contributed by atoms with Crippen LogP contribution in [0, 0.1) is 29.5 Å². The van der Waals surface area contributed by atoms with Crippen LogP contribution in [0.2, 0.25) is 5.02 Å². The van der Waals surface area contributed by atoms with Gasteiger partial charge >= 0.3 is 6.36 Å². The summed E-state index contributed by atoms with van der Waals surface area (Å²) in [6.45, 7) is 0. The smallest absolute Gasteiger partial charge is 0.508 e. The molecule has 6 atom stereocenters. The second-order valence-corrected chi connectivity index (χ2v) is 15.8. The average molecular weight is 850 g/mol. The summed E-state index contributed by atoms with van der Waals surface area (Å²) in [5.74, 6) is -10.6. The lowest BCUT2D eigenvalue weighted by Gasteiger charge is -2.50. The van der Waals surface area contributed by atoms with Crippen LogP contribution in [0.3, 0.4) is 0 Å². The van der Waals surface area contributed by atoms with Crippen LogP contribution in [-0.4, -0.2) is 45.9 Å². The monoisotopic (exact) mass is 849 g/mol. The fraction of sp³-hybridized carbons (Fsp3) is 0.196. The Labute approximate surface area is 350 Å². The highest BCUT2D eigenvalue weighted by Gasteiger charge is 2.70. The second kappa shape index (κ2) is 14.7. The number of fused-ring (bicyclic) bond motifs is 4. The van der Waals surface area contributed by atoms with E-state index < -0.39 is 82.3 Å². The molecule has 0 aromatic heterocycles. The Morgan fingerprint density at radius 2 is 1.48 bits per heavy atom. The van der Waals surface area contributed by atoms with E-state index in [0.29, 0.717) is 16.7 Å². The largest absolute Gasteiger partial charge is 0.573 e. The number of hydrogen-bond acceptors (Lipinski definition) is 8. The molecule has 5 aromatic rings. The van der Waals surface area contributed by atoms with Crippen LogP contribution in [0.25, 0.3) is 0 Å². The molecule has 2 aliphatic carbocycles. The van der Waals surface area contributed by atoms with Crippen molar-refractivity contribution in [2.45, 2.75) is 30.5 Å². The summed E-state index contributed by atoms with van der Waals surface area (Å²) < 4.78 is 59.3. The van der Waals surface area contributed by atoms with Crippen molar-refractivity contribution in [3.05, 3.63) is 166 Å². The van der Waals surface area contributed by atoms with E-state index in [1.807, 2.05) is 0 Å². The van der Waals surface area contributed by atoms with E-state index in [-0.39, 0.29) is 46.1 Å².